The number of para-hydroxylation sites is 1. The van der Waals surface area contributed by atoms with Crippen LogP contribution >= 0.6 is 0 Å². The van der Waals surface area contributed by atoms with Crippen molar-refractivity contribution in [3.05, 3.63) is 30.3 Å². The highest BCUT2D eigenvalue weighted by Gasteiger charge is 2.24. The summed E-state index contributed by atoms with van der Waals surface area (Å²) in [6.07, 6.45) is 5.20. The molecule has 0 N–H and O–H groups in total. The van der Waals surface area contributed by atoms with Crippen LogP contribution in [0, 0.1) is 0 Å². The van der Waals surface area contributed by atoms with E-state index in [0.717, 1.165) is 12.4 Å². The van der Waals surface area contributed by atoms with Crippen LogP contribution in [0.3, 0.4) is 0 Å². The minimum Gasteiger partial charge on any atom is -0.492 e. The molecule has 1 atom stereocenters. The Hall–Kier alpha value is -1.02. The molecule has 1 aliphatic heterocycles. The first kappa shape index (κ1) is 12.4. The molecule has 1 aliphatic rings. The quantitative estimate of drug-likeness (QED) is 0.747. The van der Waals surface area contributed by atoms with Crippen molar-refractivity contribution in [3.8, 4) is 5.75 Å². The molecule has 1 aromatic carbocycles. The van der Waals surface area contributed by atoms with E-state index >= 15 is 0 Å². The predicted molar refractivity (Wildman–Crippen MR) is 71.4 cm³/mol. The minimum absolute atomic E-state index is 0.627. The third kappa shape index (κ3) is 3.74. The summed E-state index contributed by atoms with van der Waals surface area (Å²) in [5, 5.41) is 0. The maximum atomic E-state index is 5.86. The Morgan fingerprint density at radius 3 is 2.88 bits per heavy atom. The van der Waals surface area contributed by atoms with Crippen LogP contribution in [-0.4, -0.2) is 30.6 Å². The molecule has 0 spiro atoms. The molecular formula is C15H23NO. The van der Waals surface area contributed by atoms with Crippen molar-refractivity contribution in [3.63, 3.8) is 0 Å². The smallest absolute Gasteiger partial charge is 0.119 e. The van der Waals surface area contributed by atoms with Gasteiger partial charge in [0.05, 0.1) is 0 Å². The fraction of sp³-hybridized carbons (Fsp3) is 0.600. The molecule has 2 nitrogen and oxygen atoms in total. The van der Waals surface area contributed by atoms with E-state index in [4.69, 9.17) is 4.74 Å². The highest BCUT2D eigenvalue weighted by Crippen LogP contribution is 2.19. The second-order valence-electron chi connectivity index (χ2n) is 4.81. The molecule has 1 heterocycles. The molecule has 17 heavy (non-hydrogen) atoms. The van der Waals surface area contributed by atoms with Crippen LogP contribution in [0.1, 0.15) is 32.6 Å². The topological polar surface area (TPSA) is 12.5 Å². The Labute approximate surface area is 105 Å². The van der Waals surface area contributed by atoms with Gasteiger partial charge in [-0.3, -0.25) is 4.90 Å². The van der Waals surface area contributed by atoms with Gasteiger partial charge in [-0.15, -0.1) is 0 Å². The number of benzene rings is 1. The maximum Gasteiger partial charge on any atom is 0.119 e. The fourth-order valence-corrected chi connectivity index (χ4v) is 2.45. The maximum absolute atomic E-state index is 5.86. The Morgan fingerprint density at radius 2 is 2.12 bits per heavy atom. The van der Waals surface area contributed by atoms with E-state index in [1.807, 2.05) is 30.3 Å². The van der Waals surface area contributed by atoms with Gasteiger partial charge in [0.25, 0.3) is 0 Å². The Bertz CT molecular complexity index is 312. The number of unbranched alkanes of at least 4 members (excludes halogenated alkanes) is 1. The van der Waals surface area contributed by atoms with E-state index in [2.05, 4.69) is 11.8 Å². The van der Waals surface area contributed by atoms with Crippen molar-refractivity contribution >= 4 is 0 Å². The van der Waals surface area contributed by atoms with E-state index in [1.54, 1.807) is 0 Å². The molecule has 0 saturated carbocycles. The third-order valence-corrected chi connectivity index (χ3v) is 3.48. The van der Waals surface area contributed by atoms with Crippen molar-refractivity contribution in [1.82, 2.24) is 4.90 Å². The lowest BCUT2D eigenvalue weighted by atomic mass is 10.2. The molecule has 0 aliphatic carbocycles. The number of hydrogen-bond acceptors (Lipinski definition) is 2. The first-order chi connectivity index (χ1) is 8.40. The van der Waals surface area contributed by atoms with Crippen molar-refractivity contribution in [2.75, 3.05) is 19.7 Å². The van der Waals surface area contributed by atoms with Crippen LogP contribution in [0.25, 0.3) is 0 Å². The molecule has 1 fully saturated rings. The van der Waals surface area contributed by atoms with E-state index in [9.17, 15) is 0 Å². The first-order valence-electron chi connectivity index (χ1n) is 6.82. The van der Waals surface area contributed by atoms with Crippen LogP contribution in [0.4, 0.5) is 0 Å². The van der Waals surface area contributed by atoms with Gasteiger partial charge in [-0.25, -0.2) is 0 Å². The summed E-state index contributed by atoms with van der Waals surface area (Å²) in [7, 11) is 0. The van der Waals surface area contributed by atoms with Crippen LogP contribution in [0.2, 0.25) is 0 Å². The molecule has 0 aromatic heterocycles. The van der Waals surface area contributed by atoms with Crippen molar-refractivity contribution in [2.45, 2.75) is 38.6 Å². The summed E-state index contributed by atoms with van der Waals surface area (Å²) >= 11 is 0. The number of hydrogen-bond donors (Lipinski definition) is 0. The third-order valence-electron chi connectivity index (χ3n) is 3.48. The molecule has 94 valence electrons. The summed E-state index contributed by atoms with van der Waals surface area (Å²) in [6.45, 7) is 5.58. The Kier molecular flexibility index (Phi) is 4.87. The SMILES string of the molecule is CCCCN1CCCC1COc1ccccc1. The lowest BCUT2D eigenvalue weighted by Gasteiger charge is -2.24. The number of nitrogens with zero attached hydrogens (tertiary/aromatic N) is 1. The molecule has 0 radical (unpaired) electrons. The minimum atomic E-state index is 0.627. The summed E-state index contributed by atoms with van der Waals surface area (Å²) in [6, 6.07) is 10.8. The molecule has 1 unspecified atom stereocenters. The average Bonchev–Trinajstić information content (AvgIpc) is 2.82. The lowest BCUT2D eigenvalue weighted by molar-refractivity contribution is 0.171. The lowest BCUT2D eigenvalue weighted by Crippen LogP contribution is -2.34. The summed E-state index contributed by atoms with van der Waals surface area (Å²) in [5.74, 6) is 0.995. The van der Waals surface area contributed by atoms with Crippen LogP contribution < -0.4 is 4.74 Å². The molecule has 1 aromatic rings. The zero-order chi connectivity index (χ0) is 11.9. The van der Waals surface area contributed by atoms with Gasteiger partial charge >= 0.3 is 0 Å². The van der Waals surface area contributed by atoms with Gasteiger partial charge in [-0.2, -0.15) is 0 Å². The number of ether oxygens (including phenoxy) is 1. The van der Waals surface area contributed by atoms with E-state index in [1.165, 1.54) is 38.8 Å². The van der Waals surface area contributed by atoms with Gasteiger partial charge in [0.1, 0.15) is 12.4 Å². The second-order valence-corrected chi connectivity index (χ2v) is 4.81. The van der Waals surface area contributed by atoms with Crippen LogP contribution in [0.15, 0.2) is 30.3 Å². The van der Waals surface area contributed by atoms with Gasteiger partial charge in [0, 0.05) is 6.04 Å². The Balaban J connectivity index is 1.78. The number of likely N-dealkylation sites (tertiary alicyclic amines) is 1. The fourth-order valence-electron chi connectivity index (χ4n) is 2.45. The molecular weight excluding hydrogens is 210 g/mol. The van der Waals surface area contributed by atoms with Gasteiger partial charge < -0.3 is 4.74 Å². The predicted octanol–water partition coefficient (Wildman–Crippen LogP) is 3.33. The Morgan fingerprint density at radius 1 is 1.29 bits per heavy atom. The standard InChI is InChI=1S/C15H23NO/c1-2-3-11-16-12-7-8-14(16)13-17-15-9-5-4-6-10-15/h4-6,9-10,14H,2-3,7-8,11-13H2,1H3. The highest BCUT2D eigenvalue weighted by molar-refractivity contribution is 5.20. The molecule has 0 amide bonds. The largest absolute Gasteiger partial charge is 0.492 e. The van der Waals surface area contributed by atoms with E-state index < -0.39 is 0 Å². The zero-order valence-electron chi connectivity index (χ0n) is 10.8. The zero-order valence-corrected chi connectivity index (χ0v) is 10.8. The average molecular weight is 233 g/mol. The molecule has 1 saturated heterocycles. The van der Waals surface area contributed by atoms with Gasteiger partial charge in [0.2, 0.25) is 0 Å². The normalized spacial score (nSPS) is 20.6. The summed E-state index contributed by atoms with van der Waals surface area (Å²) in [4.78, 5) is 2.59. The van der Waals surface area contributed by atoms with E-state index in [-0.39, 0.29) is 0 Å². The summed E-state index contributed by atoms with van der Waals surface area (Å²) < 4.78 is 5.86. The number of rotatable bonds is 6. The van der Waals surface area contributed by atoms with Crippen LogP contribution in [-0.2, 0) is 0 Å². The monoisotopic (exact) mass is 233 g/mol. The van der Waals surface area contributed by atoms with Gasteiger partial charge in [-0.05, 0) is 44.5 Å². The van der Waals surface area contributed by atoms with Crippen LogP contribution in [0.5, 0.6) is 5.75 Å². The van der Waals surface area contributed by atoms with E-state index in [0.29, 0.717) is 6.04 Å². The van der Waals surface area contributed by atoms with Gasteiger partial charge in [-0.1, -0.05) is 31.5 Å². The molecule has 2 rings (SSSR count). The highest BCUT2D eigenvalue weighted by atomic mass is 16.5. The molecule has 0 bridgehead atoms. The van der Waals surface area contributed by atoms with Gasteiger partial charge in [0.15, 0.2) is 0 Å². The van der Waals surface area contributed by atoms with Crippen molar-refractivity contribution < 1.29 is 4.74 Å². The summed E-state index contributed by atoms with van der Waals surface area (Å²) in [5.41, 5.74) is 0. The first-order valence-corrected chi connectivity index (χ1v) is 6.82. The second kappa shape index (κ2) is 6.65. The molecule has 2 heteroatoms. The van der Waals surface area contributed by atoms with Crippen molar-refractivity contribution in [2.24, 2.45) is 0 Å². The van der Waals surface area contributed by atoms with Crippen molar-refractivity contribution in [1.29, 1.82) is 0 Å².